The molecule has 0 aliphatic heterocycles. The zero-order chi connectivity index (χ0) is 29.7. The third-order valence-corrected chi connectivity index (χ3v) is 8.60. The van der Waals surface area contributed by atoms with E-state index in [0.717, 1.165) is 24.8 Å². The molecule has 1 aromatic heterocycles. The molecule has 0 saturated heterocycles. The second-order valence-corrected chi connectivity index (χ2v) is 11.9. The van der Waals surface area contributed by atoms with Gasteiger partial charge in [-0.1, -0.05) is 44.0 Å². The van der Waals surface area contributed by atoms with Crippen LogP contribution in [0.3, 0.4) is 0 Å². The summed E-state index contributed by atoms with van der Waals surface area (Å²) in [4.78, 5) is 34.6. The summed E-state index contributed by atoms with van der Waals surface area (Å²) in [7, 11) is 1.52. The predicted octanol–water partition coefficient (Wildman–Crippen LogP) is 5.61. The molecule has 0 spiro atoms. The average molecular weight is 589 g/mol. The Labute approximate surface area is 244 Å². The van der Waals surface area contributed by atoms with Gasteiger partial charge < -0.3 is 20.4 Å². The van der Waals surface area contributed by atoms with Crippen molar-refractivity contribution in [2.24, 2.45) is 11.8 Å². The molecule has 0 bridgehead atoms. The molecule has 7 nitrogen and oxygen atoms in total. The molecule has 10 heteroatoms. The number of fused-ring (bicyclic) bond motifs is 1. The number of imidazole rings is 1. The van der Waals surface area contributed by atoms with E-state index in [1.54, 1.807) is 19.1 Å². The smallest absolute Gasteiger partial charge is 0.242 e. The van der Waals surface area contributed by atoms with Crippen LogP contribution in [0.4, 0.5) is 8.78 Å². The van der Waals surface area contributed by atoms with E-state index >= 15 is 0 Å². The number of methoxy groups -OCH3 is 1. The molecular weight excluding hydrogens is 550 g/mol. The fraction of sp³-hybridized carbons (Fsp3) is 0.516. The van der Waals surface area contributed by atoms with Crippen LogP contribution < -0.4 is 10.6 Å². The Morgan fingerprint density at radius 2 is 2.00 bits per heavy atom. The number of hydrogen-bond acceptors (Lipinski definition) is 4. The van der Waals surface area contributed by atoms with Crippen LogP contribution in [-0.2, 0) is 26.2 Å². The van der Waals surface area contributed by atoms with Crippen molar-refractivity contribution >= 4 is 34.4 Å². The lowest BCUT2D eigenvalue weighted by molar-refractivity contribution is -0.135. The fourth-order valence-electron chi connectivity index (χ4n) is 5.57. The Kier molecular flexibility index (Phi) is 10.0. The first kappa shape index (κ1) is 30.9. The van der Waals surface area contributed by atoms with Crippen molar-refractivity contribution in [2.45, 2.75) is 63.8 Å². The van der Waals surface area contributed by atoms with Crippen molar-refractivity contribution in [3.8, 4) is 0 Å². The molecule has 3 N–H and O–H groups in total. The largest absolute Gasteiger partial charge is 0.383 e. The molecule has 41 heavy (non-hydrogen) atoms. The molecule has 2 unspecified atom stereocenters. The lowest BCUT2D eigenvalue weighted by Gasteiger charge is -2.36. The summed E-state index contributed by atoms with van der Waals surface area (Å²) >= 11 is 6.39. The summed E-state index contributed by atoms with van der Waals surface area (Å²) in [5, 5.41) is 5.91. The van der Waals surface area contributed by atoms with Gasteiger partial charge in [0.15, 0.2) is 0 Å². The Morgan fingerprint density at radius 3 is 2.61 bits per heavy atom. The first-order chi connectivity index (χ1) is 19.6. The predicted molar refractivity (Wildman–Crippen MR) is 156 cm³/mol. The van der Waals surface area contributed by atoms with Gasteiger partial charge in [-0.3, -0.25) is 9.59 Å². The van der Waals surface area contributed by atoms with Crippen LogP contribution in [0.5, 0.6) is 0 Å². The van der Waals surface area contributed by atoms with Crippen LogP contribution in [0.15, 0.2) is 36.4 Å². The number of H-pyrrole nitrogens is 1. The fourth-order valence-corrected chi connectivity index (χ4v) is 5.87. The highest BCUT2D eigenvalue weighted by Crippen LogP contribution is 2.36. The van der Waals surface area contributed by atoms with Crippen LogP contribution in [0.2, 0.25) is 5.02 Å². The third kappa shape index (κ3) is 6.72. The van der Waals surface area contributed by atoms with Crippen molar-refractivity contribution in [3.63, 3.8) is 0 Å². The highest BCUT2D eigenvalue weighted by Gasteiger charge is 2.41. The summed E-state index contributed by atoms with van der Waals surface area (Å²) < 4.78 is 32.9. The average Bonchev–Trinajstić information content (AvgIpc) is 3.31. The maximum Gasteiger partial charge on any atom is 0.242 e. The van der Waals surface area contributed by atoms with Gasteiger partial charge in [0.05, 0.1) is 23.1 Å². The zero-order valence-corrected chi connectivity index (χ0v) is 24.8. The van der Waals surface area contributed by atoms with Gasteiger partial charge in [-0.25, -0.2) is 13.8 Å². The lowest BCUT2D eigenvalue weighted by Crippen LogP contribution is -2.57. The van der Waals surface area contributed by atoms with E-state index < -0.39 is 18.1 Å². The highest BCUT2D eigenvalue weighted by molar-refractivity contribution is 6.31. The Morgan fingerprint density at radius 1 is 1.24 bits per heavy atom. The summed E-state index contributed by atoms with van der Waals surface area (Å²) in [6.07, 6.45) is 3.10. The molecule has 3 aromatic rings. The minimum Gasteiger partial charge on any atom is -0.383 e. The lowest BCUT2D eigenvalue weighted by atomic mass is 9.77. The van der Waals surface area contributed by atoms with Gasteiger partial charge in [0, 0.05) is 30.7 Å². The van der Waals surface area contributed by atoms with E-state index in [9.17, 15) is 18.4 Å². The molecule has 3 atom stereocenters. The number of aromatic amines is 1. The normalized spacial score (nSPS) is 16.7. The first-order valence-corrected chi connectivity index (χ1v) is 14.5. The molecular formula is C31H39ClF2N4O3. The second-order valence-electron chi connectivity index (χ2n) is 11.5. The molecule has 1 fully saturated rings. The summed E-state index contributed by atoms with van der Waals surface area (Å²) in [5.74, 6) is -0.451. The standard InChI is InChI=1S/C31H39ClF2N4O3/c1-18(2)21(27-22(32)9-6-10-23(27)34)16-26-36-24-12-11-20(15-25(24)37-26)31(3,17-41-4)30(40)38-28(19-7-5-8-19)29(39)35-14-13-33/h6,9-12,15,18-19,21,28H,5,7-8,13-14,16-17H2,1-4H3,(H,35,39)(H,36,37)(H,38,40)/t21?,28-,31?/m1/s1. The van der Waals surface area contributed by atoms with Crippen LogP contribution in [0, 0.1) is 17.7 Å². The zero-order valence-electron chi connectivity index (χ0n) is 24.0. The minimum atomic E-state index is -1.11. The number of amides is 2. The van der Waals surface area contributed by atoms with E-state index in [1.165, 1.54) is 13.2 Å². The summed E-state index contributed by atoms with van der Waals surface area (Å²) in [6.45, 7) is 5.14. The van der Waals surface area contributed by atoms with E-state index in [4.69, 9.17) is 21.3 Å². The first-order valence-electron chi connectivity index (χ1n) is 14.2. The van der Waals surface area contributed by atoms with E-state index in [2.05, 4.69) is 15.6 Å². The van der Waals surface area contributed by atoms with Crippen LogP contribution in [0.1, 0.15) is 62.9 Å². The number of hydrogen-bond donors (Lipinski definition) is 3. The third-order valence-electron chi connectivity index (χ3n) is 8.27. The van der Waals surface area contributed by atoms with Gasteiger partial charge >= 0.3 is 0 Å². The SMILES string of the molecule is COCC(C)(C(=O)N[C@@H](C(=O)NCCF)C1CCC1)c1ccc2nc(CC(c3c(F)cccc3Cl)C(C)C)[nH]c2c1. The number of nitrogens with zero attached hydrogens (tertiary/aromatic N) is 1. The Hall–Kier alpha value is -3.04. The van der Waals surface area contributed by atoms with Gasteiger partial charge in [-0.05, 0) is 67.3 Å². The van der Waals surface area contributed by atoms with Crippen LogP contribution in [-0.4, -0.2) is 54.8 Å². The van der Waals surface area contributed by atoms with Crippen molar-refractivity contribution in [2.75, 3.05) is 26.9 Å². The van der Waals surface area contributed by atoms with E-state index in [-0.39, 0.29) is 48.5 Å². The summed E-state index contributed by atoms with van der Waals surface area (Å²) in [5.41, 5.74) is 1.49. The molecule has 2 amide bonds. The quantitative estimate of drug-likeness (QED) is 0.242. The number of ether oxygens (including phenoxy) is 1. The van der Waals surface area contributed by atoms with Crippen molar-refractivity contribution in [3.05, 3.63) is 64.2 Å². The number of halogens is 3. The number of alkyl halides is 1. The van der Waals surface area contributed by atoms with Gasteiger partial charge in [-0.2, -0.15) is 0 Å². The van der Waals surface area contributed by atoms with E-state index in [1.807, 2.05) is 32.0 Å². The molecule has 2 aromatic carbocycles. The topological polar surface area (TPSA) is 96.1 Å². The summed E-state index contributed by atoms with van der Waals surface area (Å²) in [6, 6.07) is 9.52. The molecule has 1 aliphatic carbocycles. The highest BCUT2D eigenvalue weighted by atomic mass is 35.5. The maximum atomic E-state index is 14.8. The maximum absolute atomic E-state index is 14.8. The number of rotatable bonds is 13. The Balaban J connectivity index is 1.61. The molecule has 1 heterocycles. The molecule has 4 rings (SSSR count). The van der Waals surface area contributed by atoms with E-state index in [0.29, 0.717) is 33.9 Å². The van der Waals surface area contributed by atoms with Crippen LogP contribution in [0.25, 0.3) is 11.0 Å². The van der Waals surface area contributed by atoms with Crippen molar-refractivity contribution < 1.29 is 23.1 Å². The second kappa shape index (κ2) is 13.3. The number of benzene rings is 2. The minimum absolute atomic E-state index is 0.0138. The van der Waals surface area contributed by atoms with Gasteiger partial charge in [0.1, 0.15) is 24.4 Å². The van der Waals surface area contributed by atoms with Gasteiger partial charge in [0.25, 0.3) is 0 Å². The molecule has 222 valence electrons. The molecule has 0 radical (unpaired) electrons. The number of aromatic nitrogens is 2. The van der Waals surface area contributed by atoms with Crippen molar-refractivity contribution in [1.82, 2.24) is 20.6 Å². The van der Waals surface area contributed by atoms with Gasteiger partial charge in [-0.15, -0.1) is 0 Å². The Bertz CT molecular complexity index is 1360. The van der Waals surface area contributed by atoms with Crippen molar-refractivity contribution in [1.29, 1.82) is 0 Å². The number of carbonyl (C=O) groups is 2. The monoisotopic (exact) mass is 588 g/mol. The van der Waals surface area contributed by atoms with Gasteiger partial charge in [0.2, 0.25) is 11.8 Å². The number of carbonyl (C=O) groups excluding carboxylic acids is 2. The molecule has 1 aliphatic rings. The number of nitrogens with one attached hydrogen (secondary N) is 3. The van der Waals surface area contributed by atoms with Crippen LogP contribution >= 0.6 is 11.6 Å². The molecule has 1 saturated carbocycles.